The smallest absolute Gasteiger partial charge is 0.257 e. The quantitative estimate of drug-likeness (QED) is 0.793. The zero-order chi connectivity index (χ0) is 12.0. The van der Waals surface area contributed by atoms with Crippen molar-refractivity contribution in [3.63, 3.8) is 0 Å². The number of rotatable bonds is 0. The number of benzene rings is 1. The summed E-state index contributed by atoms with van der Waals surface area (Å²) in [4.78, 5) is 12.1. The lowest BCUT2D eigenvalue weighted by Gasteiger charge is -2.03. The normalized spacial score (nSPS) is 16.6. The Labute approximate surface area is 102 Å². The molecule has 1 aliphatic heterocycles. The van der Waals surface area contributed by atoms with E-state index in [-0.39, 0.29) is 21.3 Å². The van der Waals surface area contributed by atoms with Gasteiger partial charge in [0, 0.05) is 0 Å². The Bertz CT molecular complexity index is 716. The summed E-state index contributed by atoms with van der Waals surface area (Å²) in [5.74, 6) is -0.384. The maximum Gasteiger partial charge on any atom is 0.257 e. The molecule has 0 radical (unpaired) electrons. The van der Waals surface area contributed by atoms with Crippen LogP contribution in [-0.4, -0.2) is 14.3 Å². The Kier molecular flexibility index (Phi) is 2.11. The minimum Gasteiger partial charge on any atom is -0.312 e. The summed E-state index contributed by atoms with van der Waals surface area (Å²) in [6, 6.07) is 7.74. The molecule has 86 valence electrons. The molecule has 0 spiro atoms. The highest BCUT2D eigenvalue weighted by molar-refractivity contribution is 7.92. The molecule has 1 aliphatic rings. The molecule has 2 heterocycles. The van der Waals surface area contributed by atoms with Crippen molar-refractivity contribution in [3.8, 4) is 0 Å². The SMILES string of the molecule is O=C1Nc2sccc2S(=O)(=O)c2ccccc21. The highest BCUT2D eigenvalue weighted by Gasteiger charge is 2.31. The first-order valence-corrected chi connectivity index (χ1v) is 7.20. The Morgan fingerprint density at radius 2 is 1.82 bits per heavy atom. The van der Waals surface area contributed by atoms with Crippen molar-refractivity contribution >= 4 is 32.1 Å². The van der Waals surface area contributed by atoms with Crippen LogP contribution in [0, 0.1) is 0 Å². The first-order valence-electron chi connectivity index (χ1n) is 4.83. The van der Waals surface area contributed by atoms with Crippen molar-refractivity contribution in [2.75, 3.05) is 5.32 Å². The molecule has 1 aromatic carbocycles. The van der Waals surface area contributed by atoms with E-state index in [1.54, 1.807) is 17.5 Å². The molecule has 0 unspecified atom stereocenters. The molecule has 0 aliphatic carbocycles. The first kappa shape index (κ1) is 10.5. The lowest BCUT2D eigenvalue weighted by molar-refractivity contribution is 0.102. The van der Waals surface area contributed by atoms with Crippen molar-refractivity contribution in [2.24, 2.45) is 0 Å². The van der Waals surface area contributed by atoms with Crippen LogP contribution in [0.3, 0.4) is 0 Å². The van der Waals surface area contributed by atoms with Gasteiger partial charge in [-0.3, -0.25) is 4.79 Å². The molecule has 0 fully saturated rings. The summed E-state index contributed by atoms with van der Waals surface area (Å²) in [6.07, 6.45) is 0. The Balaban J connectivity index is 2.43. The second-order valence-corrected chi connectivity index (χ2v) is 6.37. The van der Waals surface area contributed by atoms with Gasteiger partial charge < -0.3 is 5.32 Å². The standard InChI is InChI=1S/C11H7NO3S2/c13-10-7-3-1-2-4-8(7)17(14,15)9-5-6-16-11(9)12-10/h1-6H,(H,12,13). The second-order valence-electron chi connectivity index (χ2n) is 3.57. The summed E-state index contributed by atoms with van der Waals surface area (Å²) in [7, 11) is -3.60. The van der Waals surface area contributed by atoms with Crippen LogP contribution in [-0.2, 0) is 9.84 Å². The predicted octanol–water partition coefficient (Wildman–Crippen LogP) is 2.15. The van der Waals surface area contributed by atoms with Gasteiger partial charge in [-0.1, -0.05) is 12.1 Å². The lowest BCUT2D eigenvalue weighted by atomic mass is 10.2. The van der Waals surface area contributed by atoms with E-state index in [4.69, 9.17) is 0 Å². The lowest BCUT2D eigenvalue weighted by Crippen LogP contribution is -2.11. The zero-order valence-electron chi connectivity index (χ0n) is 8.51. The van der Waals surface area contributed by atoms with Crippen LogP contribution < -0.4 is 5.32 Å². The average molecular weight is 265 g/mol. The Hall–Kier alpha value is -1.66. The fourth-order valence-electron chi connectivity index (χ4n) is 1.78. The summed E-state index contributed by atoms with van der Waals surface area (Å²) >= 11 is 1.20. The topological polar surface area (TPSA) is 63.2 Å². The van der Waals surface area contributed by atoms with Gasteiger partial charge in [0.25, 0.3) is 5.91 Å². The van der Waals surface area contributed by atoms with Gasteiger partial charge in [0.2, 0.25) is 9.84 Å². The van der Waals surface area contributed by atoms with Crippen LogP contribution in [0.2, 0.25) is 0 Å². The maximum atomic E-state index is 12.3. The van der Waals surface area contributed by atoms with Crippen LogP contribution in [0.15, 0.2) is 45.5 Å². The maximum absolute atomic E-state index is 12.3. The van der Waals surface area contributed by atoms with Crippen LogP contribution in [0.25, 0.3) is 0 Å². The minimum atomic E-state index is -3.60. The molecule has 17 heavy (non-hydrogen) atoms. The molecule has 0 bridgehead atoms. The molecule has 0 saturated carbocycles. The van der Waals surface area contributed by atoms with Gasteiger partial charge in [0.1, 0.15) is 9.90 Å². The molecule has 4 nitrogen and oxygen atoms in total. The van der Waals surface area contributed by atoms with E-state index < -0.39 is 9.84 Å². The fourth-order valence-corrected chi connectivity index (χ4v) is 4.50. The van der Waals surface area contributed by atoms with Crippen LogP contribution in [0.1, 0.15) is 10.4 Å². The van der Waals surface area contributed by atoms with E-state index >= 15 is 0 Å². The van der Waals surface area contributed by atoms with Crippen LogP contribution >= 0.6 is 11.3 Å². The number of hydrogen-bond acceptors (Lipinski definition) is 4. The van der Waals surface area contributed by atoms with Crippen LogP contribution in [0.5, 0.6) is 0 Å². The molecule has 2 aromatic rings. The summed E-state index contributed by atoms with van der Waals surface area (Å²) < 4.78 is 24.7. The summed E-state index contributed by atoms with van der Waals surface area (Å²) in [5.41, 5.74) is 0.191. The molecule has 1 amide bonds. The molecule has 1 aromatic heterocycles. The Morgan fingerprint density at radius 3 is 2.65 bits per heavy atom. The van der Waals surface area contributed by atoms with Gasteiger partial charge in [-0.05, 0) is 23.6 Å². The second kappa shape index (κ2) is 3.41. The molecule has 0 saturated heterocycles. The monoisotopic (exact) mass is 265 g/mol. The minimum absolute atomic E-state index is 0.0645. The Morgan fingerprint density at radius 1 is 1.06 bits per heavy atom. The van der Waals surface area contributed by atoms with Crippen molar-refractivity contribution in [1.29, 1.82) is 0 Å². The number of carbonyl (C=O) groups is 1. The molecule has 0 atom stereocenters. The number of hydrogen-bond donors (Lipinski definition) is 1. The van der Waals surface area contributed by atoms with E-state index in [1.807, 2.05) is 0 Å². The van der Waals surface area contributed by atoms with Crippen molar-refractivity contribution in [2.45, 2.75) is 9.79 Å². The highest BCUT2D eigenvalue weighted by atomic mass is 32.2. The third kappa shape index (κ3) is 1.41. The van der Waals surface area contributed by atoms with E-state index in [9.17, 15) is 13.2 Å². The van der Waals surface area contributed by atoms with E-state index in [0.29, 0.717) is 5.00 Å². The highest BCUT2D eigenvalue weighted by Crippen LogP contribution is 2.36. The summed E-state index contributed by atoms with van der Waals surface area (Å²) in [6.45, 7) is 0. The number of fused-ring (bicyclic) bond motifs is 2. The van der Waals surface area contributed by atoms with Crippen molar-refractivity contribution < 1.29 is 13.2 Å². The molecule has 3 rings (SSSR count). The summed E-state index contributed by atoms with van der Waals surface area (Å²) in [5, 5.41) is 4.64. The van der Waals surface area contributed by atoms with Gasteiger partial charge in [0.05, 0.1) is 10.5 Å². The van der Waals surface area contributed by atoms with E-state index in [0.717, 1.165) is 0 Å². The number of amides is 1. The number of nitrogens with one attached hydrogen (secondary N) is 1. The van der Waals surface area contributed by atoms with Gasteiger partial charge in [0.15, 0.2) is 0 Å². The number of thiophene rings is 1. The third-order valence-electron chi connectivity index (χ3n) is 2.57. The largest absolute Gasteiger partial charge is 0.312 e. The van der Waals surface area contributed by atoms with E-state index in [1.165, 1.54) is 29.5 Å². The van der Waals surface area contributed by atoms with Gasteiger partial charge >= 0.3 is 0 Å². The third-order valence-corrected chi connectivity index (χ3v) is 5.38. The first-order chi connectivity index (χ1) is 8.10. The molecule has 1 N–H and O–H groups in total. The van der Waals surface area contributed by atoms with Gasteiger partial charge in [-0.2, -0.15) is 0 Å². The number of anilines is 1. The number of sulfone groups is 1. The van der Waals surface area contributed by atoms with Crippen molar-refractivity contribution in [3.05, 3.63) is 41.3 Å². The molecular weight excluding hydrogens is 258 g/mol. The van der Waals surface area contributed by atoms with Gasteiger partial charge in [-0.15, -0.1) is 11.3 Å². The predicted molar refractivity (Wildman–Crippen MR) is 64.2 cm³/mol. The average Bonchev–Trinajstić information content (AvgIpc) is 2.75. The van der Waals surface area contributed by atoms with E-state index in [2.05, 4.69) is 5.32 Å². The zero-order valence-corrected chi connectivity index (χ0v) is 10.1. The fraction of sp³-hybridized carbons (Fsp3) is 0. The van der Waals surface area contributed by atoms with Gasteiger partial charge in [-0.25, -0.2) is 8.42 Å². The molecule has 6 heteroatoms. The number of carbonyl (C=O) groups excluding carboxylic acids is 1. The molecular formula is C11H7NO3S2. The van der Waals surface area contributed by atoms with Crippen molar-refractivity contribution in [1.82, 2.24) is 0 Å². The van der Waals surface area contributed by atoms with Crippen LogP contribution in [0.4, 0.5) is 5.00 Å².